The van der Waals surface area contributed by atoms with Crippen molar-refractivity contribution >= 4 is 17.4 Å². The molecule has 9 heteroatoms. The fourth-order valence-corrected chi connectivity index (χ4v) is 2.78. The Morgan fingerprint density at radius 1 is 1.36 bits per heavy atom. The number of thiazole rings is 1. The molecular weight excluding hydrogens is 319 g/mol. The monoisotopic (exact) mass is 339 g/mol. The van der Waals surface area contributed by atoms with E-state index in [1.807, 2.05) is 13.8 Å². The Labute approximate surface area is 130 Å². The molecule has 5 nitrogen and oxygen atoms in total. The minimum Gasteiger partial charge on any atom is -0.384 e. The molecule has 0 aliphatic carbocycles. The standard InChI is InChI=1S/C13H20F3N3O2S/c1-3-9-8(2)22-11(19-9)5-7-18-12(21)17-6-4-10(20)13(14,15)16/h10,20H,3-7H2,1-2H3,(H2,17,18,21). The van der Waals surface area contributed by atoms with E-state index in [9.17, 15) is 18.0 Å². The molecule has 1 rings (SSSR count). The van der Waals surface area contributed by atoms with Crippen molar-refractivity contribution in [1.29, 1.82) is 0 Å². The summed E-state index contributed by atoms with van der Waals surface area (Å²) in [5.74, 6) is 0. The van der Waals surface area contributed by atoms with Crippen LogP contribution in [-0.4, -0.2) is 41.5 Å². The molecule has 0 bridgehead atoms. The van der Waals surface area contributed by atoms with Gasteiger partial charge in [-0.2, -0.15) is 13.2 Å². The molecule has 0 aliphatic heterocycles. The number of hydrogen-bond donors (Lipinski definition) is 3. The molecule has 1 heterocycles. The van der Waals surface area contributed by atoms with Crippen molar-refractivity contribution in [3.05, 3.63) is 15.6 Å². The van der Waals surface area contributed by atoms with E-state index in [1.54, 1.807) is 11.3 Å². The molecule has 0 saturated carbocycles. The van der Waals surface area contributed by atoms with Crippen molar-refractivity contribution in [3.8, 4) is 0 Å². The number of aryl methyl sites for hydroxylation is 2. The first kappa shape index (κ1) is 18.7. The van der Waals surface area contributed by atoms with Crippen molar-refractivity contribution in [2.75, 3.05) is 13.1 Å². The molecule has 0 aromatic carbocycles. The number of aliphatic hydroxyl groups is 1. The predicted molar refractivity (Wildman–Crippen MR) is 78.0 cm³/mol. The fraction of sp³-hybridized carbons (Fsp3) is 0.692. The maximum Gasteiger partial charge on any atom is 0.414 e. The predicted octanol–water partition coefficient (Wildman–Crippen LogP) is 2.17. The van der Waals surface area contributed by atoms with E-state index < -0.39 is 24.7 Å². The number of halogens is 3. The number of amides is 2. The van der Waals surface area contributed by atoms with Crippen LogP contribution in [0.4, 0.5) is 18.0 Å². The molecule has 3 N–H and O–H groups in total. The number of urea groups is 1. The number of carbonyl (C=O) groups excluding carboxylic acids is 1. The summed E-state index contributed by atoms with van der Waals surface area (Å²) < 4.78 is 36.1. The van der Waals surface area contributed by atoms with E-state index in [-0.39, 0.29) is 6.54 Å². The van der Waals surface area contributed by atoms with E-state index in [2.05, 4.69) is 15.6 Å². The molecule has 0 saturated heterocycles. The third-order valence-electron chi connectivity index (χ3n) is 2.98. The average molecular weight is 339 g/mol. The summed E-state index contributed by atoms with van der Waals surface area (Å²) in [7, 11) is 0. The first-order valence-corrected chi connectivity index (χ1v) is 7.77. The molecule has 1 atom stereocenters. The number of rotatable bonds is 7. The number of aliphatic hydroxyl groups excluding tert-OH is 1. The van der Waals surface area contributed by atoms with Crippen LogP contribution in [-0.2, 0) is 12.8 Å². The van der Waals surface area contributed by atoms with E-state index in [4.69, 9.17) is 5.11 Å². The van der Waals surface area contributed by atoms with Crippen LogP contribution in [0.2, 0.25) is 0 Å². The largest absolute Gasteiger partial charge is 0.414 e. The minimum absolute atomic E-state index is 0.247. The number of aromatic nitrogens is 1. The molecule has 0 radical (unpaired) electrons. The Bertz CT molecular complexity index is 491. The summed E-state index contributed by atoms with van der Waals surface area (Å²) in [5.41, 5.74) is 1.05. The summed E-state index contributed by atoms with van der Waals surface area (Å²) in [6, 6.07) is -0.557. The van der Waals surface area contributed by atoms with Gasteiger partial charge in [0.25, 0.3) is 0 Å². The van der Waals surface area contributed by atoms with Gasteiger partial charge in [0, 0.05) is 24.4 Å². The Morgan fingerprint density at radius 2 is 2.00 bits per heavy atom. The van der Waals surface area contributed by atoms with Crippen LogP contribution in [0.25, 0.3) is 0 Å². The molecule has 0 fully saturated rings. The lowest BCUT2D eigenvalue weighted by Crippen LogP contribution is -2.39. The van der Waals surface area contributed by atoms with Crippen LogP contribution in [0.1, 0.15) is 28.9 Å². The van der Waals surface area contributed by atoms with Crippen molar-refractivity contribution in [1.82, 2.24) is 15.6 Å². The highest BCUT2D eigenvalue weighted by Gasteiger charge is 2.37. The summed E-state index contributed by atoms with van der Waals surface area (Å²) in [5, 5.41) is 14.5. The molecule has 1 aromatic heterocycles. The highest BCUT2D eigenvalue weighted by atomic mass is 32.1. The molecular formula is C13H20F3N3O2S. The van der Waals surface area contributed by atoms with Crippen molar-refractivity contribution < 1.29 is 23.1 Å². The maximum atomic E-state index is 12.0. The van der Waals surface area contributed by atoms with Crippen molar-refractivity contribution in [3.63, 3.8) is 0 Å². The lowest BCUT2D eigenvalue weighted by molar-refractivity contribution is -0.204. The number of carbonyl (C=O) groups is 1. The van der Waals surface area contributed by atoms with Gasteiger partial charge in [0.2, 0.25) is 0 Å². The first-order chi connectivity index (χ1) is 10.2. The van der Waals surface area contributed by atoms with Gasteiger partial charge in [0.05, 0.1) is 10.7 Å². The summed E-state index contributed by atoms with van der Waals surface area (Å²) in [4.78, 5) is 17.0. The summed E-state index contributed by atoms with van der Waals surface area (Å²) in [6.45, 7) is 4.12. The highest BCUT2D eigenvalue weighted by Crippen LogP contribution is 2.21. The second kappa shape index (κ2) is 8.33. The molecule has 1 aromatic rings. The van der Waals surface area contributed by atoms with Gasteiger partial charge in [-0.05, 0) is 19.8 Å². The molecule has 126 valence electrons. The van der Waals surface area contributed by atoms with Crippen molar-refractivity contribution in [2.45, 2.75) is 45.4 Å². The zero-order valence-electron chi connectivity index (χ0n) is 12.5. The van der Waals surface area contributed by atoms with Crippen LogP contribution in [0.15, 0.2) is 0 Å². The third kappa shape index (κ3) is 6.18. The van der Waals surface area contributed by atoms with Gasteiger partial charge < -0.3 is 15.7 Å². The van der Waals surface area contributed by atoms with E-state index >= 15 is 0 Å². The second-order valence-electron chi connectivity index (χ2n) is 4.74. The third-order valence-corrected chi connectivity index (χ3v) is 4.05. The molecule has 2 amide bonds. The zero-order valence-corrected chi connectivity index (χ0v) is 13.3. The lowest BCUT2D eigenvalue weighted by atomic mass is 10.2. The Balaban J connectivity index is 2.20. The molecule has 0 aliphatic rings. The second-order valence-corrected chi connectivity index (χ2v) is 6.03. The number of alkyl halides is 3. The van der Waals surface area contributed by atoms with Gasteiger partial charge in [-0.1, -0.05) is 6.92 Å². The first-order valence-electron chi connectivity index (χ1n) is 6.95. The summed E-state index contributed by atoms with van der Waals surface area (Å²) in [6.07, 6.45) is -6.21. The maximum absolute atomic E-state index is 12.0. The van der Waals surface area contributed by atoms with Gasteiger partial charge in [-0.3, -0.25) is 0 Å². The quantitative estimate of drug-likeness (QED) is 0.713. The smallest absolute Gasteiger partial charge is 0.384 e. The Kier molecular flexibility index (Phi) is 7.08. The molecule has 0 spiro atoms. The van der Waals surface area contributed by atoms with Crippen LogP contribution >= 0.6 is 11.3 Å². The van der Waals surface area contributed by atoms with Gasteiger partial charge in [-0.25, -0.2) is 9.78 Å². The fourth-order valence-electron chi connectivity index (χ4n) is 1.75. The SMILES string of the molecule is CCc1nc(CCNC(=O)NCCC(O)C(F)(F)F)sc1C. The lowest BCUT2D eigenvalue weighted by Gasteiger charge is -2.14. The molecule has 22 heavy (non-hydrogen) atoms. The number of nitrogens with one attached hydrogen (secondary N) is 2. The van der Waals surface area contributed by atoms with Gasteiger partial charge in [0.1, 0.15) is 0 Å². The Hall–Kier alpha value is -1.35. The number of nitrogens with zero attached hydrogens (tertiary/aromatic N) is 1. The minimum atomic E-state index is -4.65. The van der Waals surface area contributed by atoms with Crippen LogP contribution in [0.3, 0.4) is 0 Å². The van der Waals surface area contributed by atoms with Gasteiger partial charge in [-0.15, -0.1) is 11.3 Å². The highest BCUT2D eigenvalue weighted by molar-refractivity contribution is 7.11. The van der Waals surface area contributed by atoms with Crippen LogP contribution in [0.5, 0.6) is 0 Å². The van der Waals surface area contributed by atoms with Crippen molar-refractivity contribution in [2.24, 2.45) is 0 Å². The topological polar surface area (TPSA) is 74.2 Å². The van der Waals surface area contributed by atoms with E-state index in [0.29, 0.717) is 13.0 Å². The van der Waals surface area contributed by atoms with Crippen LogP contribution in [0, 0.1) is 6.92 Å². The average Bonchev–Trinajstić information content (AvgIpc) is 2.77. The van der Waals surface area contributed by atoms with E-state index in [0.717, 1.165) is 22.0 Å². The van der Waals surface area contributed by atoms with Gasteiger partial charge in [0.15, 0.2) is 6.10 Å². The van der Waals surface area contributed by atoms with Gasteiger partial charge >= 0.3 is 12.2 Å². The normalized spacial score (nSPS) is 13.0. The van der Waals surface area contributed by atoms with Crippen LogP contribution < -0.4 is 10.6 Å². The summed E-state index contributed by atoms with van der Waals surface area (Å²) >= 11 is 1.57. The molecule has 1 unspecified atom stereocenters. The Morgan fingerprint density at radius 3 is 2.55 bits per heavy atom. The van der Waals surface area contributed by atoms with E-state index in [1.165, 1.54) is 0 Å². The zero-order chi connectivity index (χ0) is 16.8. The number of hydrogen-bond acceptors (Lipinski definition) is 4.